The summed E-state index contributed by atoms with van der Waals surface area (Å²) in [4.78, 5) is 0. The molecule has 205 valence electrons. The fourth-order valence-corrected chi connectivity index (χ4v) is 8.16. The van der Waals surface area contributed by atoms with Crippen molar-refractivity contribution in [2.75, 3.05) is 0 Å². The van der Waals surface area contributed by atoms with E-state index in [0.29, 0.717) is 0 Å². The summed E-state index contributed by atoms with van der Waals surface area (Å²) in [5.41, 5.74) is 0. The Morgan fingerprint density at radius 3 is 1.12 bits per heavy atom. The highest BCUT2D eigenvalue weighted by molar-refractivity contribution is 6.77. The van der Waals surface area contributed by atoms with Gasteiger partial charge in [0.25, 0.3) is 0 Å². The summed E-state index contributed by atoms with van der Waals surface area (Å²) in [6.07, 6.45) is -10.2. The van der Waals surface area contributed by atoms with Gasteiger partial charge in [0.1, 0.15) is 0 Å². The van der Waals surface area contributed by atoms with E-state index >= 15 is 0 Å². The lowest BCUT2D eigenvalue weighted by molar-refractivity contribution is -0.461. The van der Waals surface area contributed by atoms with Crippen LogP contribution in [-0.4, -0.2) is 65.0 Å². The van der Waals surface area contributed by atoms with Crippen molar-refractivity contribution < 1.29 is 78.8 Å². The van der Waals surface area contributed by atoms with Crippen molar-refractivity contribution in [1.82, 2.24) is 0 Å². The molecule has 0 bridgehead atoms. The maximum Gasteiger partial charge on any atom is 0.460 e. The van der Waals surface area contributed by atoms with Crippen LogP contribution in [0, 0.1) is 0 Å². The molecule has 1 radical (unpaired) electrons. The summed E-state index contributed by atoms with van der Waals surface area (Å²) in [5, 5.41) is 0. The van der Waals surface area contributed by atoms with Gasteiger partial charge in [-0.15, -0.1) is 0 Å². The van der Waals surface area contributed by atoms with E-state index in [1.807, 2.05) is 0 Å². The summed E-state index contributed by atoms with van der Waals surface area (Å²) in [6, 6.07) is -1.17. The normalized spacial score (nSPS) is 16.4. The Hall–Kier alpha value is -0.796. The SMILES string of the molecule is C[Si](C)O[Si](C)(C)CCC(F)(F)C(F)(F)C(F)(F)C(F)(F)C(F)(F)C(F)(F)C(F)(F)C(F)(F)F. The molecule has 0 aliphatic rings. The molecule has 20 heteroatoms. The molecule has 0 atom stereocenters. The highest BCUT2D eigenvalue weighted by Crippen LogP contribution is 2.64. The third kappa shape index (κ3) is 5.17. The quantitative estimate of drug-likeness (QED) is 0.179. The van der Waals surface area contributed by atoms with Crippen LogP contribution in [0.4, 0.5) is 74.6 Å². The summed E-state index contributed by atoms with van der Waals surface area (Å²) in [5.74, 6) is -56.0. The van der Waals surface area contributed by atoms with Crippen molar-refractivity contribution in [3.63, 3.8) is 0 Å². The number of rotatable bonds is 11. The molecule has 0 amide bonds. The Kier molecular flexibility index (Phi) is 8.74. The number of hydrogen-bond donors (Lipinski definition) is 0. The highest BCUT2D eigenvalue weighted by atomic mass is 28.4. The fourth-order valence-electron chi connectivity index (χ4n) is 2.42. The molecule has 0 aliphatic carbocycles. The molecule has 0 aromatic rings. The maximum absolute atomic E-state index is 13.9. The van der Waals surface area contributed by atoms with Gasteiger partial charge in [-0.3, -0.25) is 0 Å². The minimum absolute atomic E-state index is 1.10. The van der Waals surface area contributed by atoms with E-state index in [4.69, 9.17) is 4.12 Å². The molecule has 0 unspecified atom stereocenters. The van der Waals surface area contributed by atoms with Crippen LogP contribution in [0.15, 0.2) is 0 Å². The van der Waals surface area contributed by atoms with E-state index < -0.39 is 77.5 Å². The van der Waals surface area contributed by atoms with Crippen molar-refractivity contribution in [1.29, 1.82) is 0 Å². The first-order chi connectivity index (χ1) is 14.4. The third-order valence-corrected chi connectivity index (χ3v) is 9.61. The Labute approximate surface area is 183 Å². The van der Waals surface area contributed by atoms with E-state index in [1.54, 1.807) is 0 Å². The van der Waals surface area contributed by atoms with Gasteiger partial charge in [-0.25, -0.2) is 0 Å². The Balaban J connectivity index is 6.45. The molecule has 0 aliphatic heterocycles. The molecule has 0 spiro atoms. The zero-order valence-electron chi connectivity index (χ0n) is 17.2. The first kappa shape index (κ1) is 33.2. The summed E-state index contributed by atoms with van der Waals surface area (Å²) >= 11 is 0. The molecule has 0 saturated heterocycles. The molecule has 34 heavy (non-hydrogen) atoms. The lowest BCUT2D eigenvalue weighted by atomic mass is 9.88. The monoisotopic (exact) mass is 579 g/mol. The average molecular weight is 579 g/mol. The van der Waals surface area contributed by atoms with Crippen LogP contribution in [0.1, 0.15) is 6.42 Å². The molecule has 1 nitrogen and oxygen atoms in total. The molecule has 0 N–H and O–H groups in total. The Morgan fingerprint density at radius 1 is 0.529 bits per heavy atom. The zero-order valence-corrected chi connectivity index (χ0v) is 19.2. The molecule has 0 heterocycles. The van der Waals surface area contributed by atoms with Gasteiger partial charge in [0.05, 0.1) is 0 Å². The van der Waals surface area contributed by atoms with Gasteiger partial charge in [-0.05, 0) is 32.2 Å². The zero-order chi connectivity index (χ0) is 28.2. The standard InChI is InChI=1S/C14H16F17OSi2/c1-33(2)32-34(3,4)6-5-7(15,16)8(17,18)9(19,20)10(21,22)11(23,24)12(25,26)13(27,28)14(29,30)31/h5-6H2,1-4H3. The number of alkyl halides is 17. The Bertz CT molecular complexity index is 714. The third-order valence-electron chi connectivity index (χ3n) is 4.31. The summed E-state index contributed by atoms with van der Waals surface area (Å²) in [7, 11) is -5.06. The van der Waals surface area contributed by atoms with Crippen LogP contribution < -0.4 is 0 Å². The van der Waals surface area contributed by atoms with Crippen molar-refractivity contribution in [3.8, 4) is 0 Å². The van der Waals surface area contributed by atoms with Crippen LogP contribution in [0.25, 0.3) is 0 Å². The van der Waals surface area contributed by atoms with Crippen LogP contribution in [0.3, 0.4) is 0 Å². The van der Waals surface area contributed by atoms with Gasteiger partial charge in [0.2, 0.25) is 0 Å². The van der Waals surface area contributed by atoms with Crippen LogP contribution in [-0.2, 0) is 4.12 Å². The Morgan fingerprint density at radius 2 is 0.824 bits per heavy atom. The predicted octanol–water partition coefficient (Wildman–Crippen LogP) is 7.86. The first-order valence-corrected chi connectivity index (χ1v) is 14.1. The molecular weight excluding hydrogens is 563 g/mol. The van der Waals surface area contributed by atoms with Crippen molar-refractivity contribution in [3.05, 3.63) is 0 Å². The van der Waals surface area contributed by atoms with Crippen molar-refractivity contribution >= 4 is 17.4 Å². The van der Waals surface area contributed by atoms with E-state index in [9.17, 15) is 74.6 Å². The van der Waals surface area contributed by atoms with Gasteiger partial charge in [-0.1, -0.05) is 0 Å². The predicted molar refractivity (Wildman–Crippen MR) is 86.2 cm³/mol. The van der Waals surface area contributed by atoms with E-state index in [2.05, 4.69) is 0 Å². The van der Waals surface area contributed by atoms with Crippen LogP contribution in [0.5, 0.6) is 0 Å². The first-order valence-electron chi connectivity index (χ1n) is 8.58. The van der Waals surface area contributed by atoms with E-state index in [-0.39, 0.29) is 0 Å². The second kappa shape index (κ2) is 8.95. The van der Waals surface area contributed by atoms with Crippen molar-refractivity contribution in [2.45, 2.75) is 86.3 Å². The average Bonchev–Trinajstić information content (AvgIpc) is 2.57. The lowest BCUT2D eigenvalue weighted by Crippen LogP contribution is -2.74. The minimum atomic E-state index is -8.60. The maximum atomic E-state index is 13.9. The molecule has 0 rings (SSSR count). The molecule has 0 aromatic heterocycles. The van der Waals surface area contributed by atoms with Gasteiger partial charge >= 0.3 is 47.6 Å². The second-order valence-corrected chi connectivity index (χ2v) is 14.6. The topological polar surface area (TPSA) is 9.23 Å². The molecule has 0 fully saturated rings. The van der Waals surface area contributed by atoms with Gasteiger partial charge < -0.3 is 4.12 Å². The number of hydrogen-bond acceptors (Lipinski definition) is 1. The van der Waals surface area contributed by atoms with Crippen molar-refractivity contribution in [2.24, 2.45) is 0 Å². The van der Waals surface area contributed by atoms with Gasteiger partial charge in [-0.2, -0.15) is 74.6 Å². The van der Waals surface area contributed by atoms with E-state index in [1.165, 1.54) is 13.1 Å². The number of halogens is 17. The molecule has 0 saturated carbocycles. The second-order valence-electron chi connectivity index (χ2n) is 7.92. The highest BCUT2D eigenvalue weighted by Gasteiger charge is 2.95. The van der Waals surface area contributed by atoms with Gasteiger partial charge in [0.15, 0.2) is 17.4 Å². The lowest BCUT2D eigenvalue weighted by Gasteiger charge is -2.43. The summed E-state index contributed by atoms with van der Waals surface area (Å²) < 4.78 is 229. The summed E-state index contributed by atoms with van der Waals surface area (Å²) in [6.45, 7) is 5.05. The minimum Gasteiger partial charge on any atom is -0.456 e. The largest absolute Gasteiger partial charge is 0.460 e. The molecule has 0 aromatic carbocycles. The molecular formula is C14H16F17OSi2. The van der Waals surface area contributed by atoms with E-state index in [0.717, 1.165) is 13.1 Å². The smallest absolute Gasteiger partial charge is 0.456 e. The van der Waals surface area contributed by atoms with Crippen LogP contribution in [0.2, 0.25) is 32.2 Å². The van der Waals surface area contributed by atoms with Gasteiger partial charge in [0, 0.05) is 6.42 Å². The van der Waals surface area contributed by atoms with Crippen LogP contribution >= 0.6 is 0 Å². The fraction of sp³-hybridized carbons (Fsp3) is 1.00.